The standard InChI is InChI=1S/C14H15ClO2S/c1-16-13-3-2-12(9-15)8-14(13)17-6-4-11-5-7-18-10-11/h2-3,5,7-8,10H,4,6,9H2,1H3. The first-order valence-electron chi connectivity index (χ1n) is 5.70. The Morgan fingerprint density at radius 3 is 2.72 bits per heavy atom. The van der Waals surface area contributed by atoms with Gasteiger partial charge in [-0.15, -0.1) is 11.6 Å². The van der Waals surface area contributed by atoms with Gasteiger partial charge in [0.2, 0.25) is 0 Å². The first kappa shape index (κ1) is 13.2. The van der Waals surface area contributed by atoms with Gasteiger partial charge < -0.3 is 9.47 Å². The molecule has 96 valence electrons. The average Bonchev–Trinajstić information content (AvgIpc) is 2.92. The number of halogens is 1. The van der Waals surface area contributed by atoms with Gasteiger partial charge >= 0.3 is 0 Å². The fraction of sp³-hybridized carbons (Fsp3) is 0.286. The highest BCUT2D eigenvalue weighted by molar-refractivity contribution is 7.07. The van der Waals surface area contributed by atoms with Crippen LogP contribution >= 0.6 is 22.9 Å². The lowest BCUT2D eigenvalue weighted by molar-refractivity contribution is 0.297. The molecule has 0 aliphatic heterocycles. The largest absolute Gasteiger partial charge is 0.493 e. The van der Waals surface area contributed by atoms with Gasteiger partial charge in [0, 0.05) is 12.3 Å². The SMILES string of the molecule is COc1ccc(CCl)cc1OCCc1ccsc1. The van der Waals surface area contributed by atoms with Gasteiger partial charge in [-0.05, 0) is 40.1 Å². The van der Waals surface area contributed by atoms with Crippen LogP contribution in [0.4, 0.5) is 0 Å². The van der Waals surface area contributed by atoms with Gasteiger partial charge in [0.25, 0.3) is 0 Å². The van der Waals surface area contributed by atoms with Gasteiger partial charge in [0.1, 0.15) is 0 Å². The third kappa shape index (κ3) is 3.40. The third-order valence-corrected chi connectivity index (χ3v) is 3.65. The summed E-state index contributed by atoms with van der Waals surface area (Å²) in [6, 6.07) is 7.87. The lowest BCUT2D eigenvalue weighted by atomic mass is 10.2. The molecular formula is C14H15ClO2S. The number of hydrogen-bond acceptors (Lipinski definition) is 3. The molecule has 0 saturated carbocycles. The van der Waals surface area contributed by atoms with E-state index in [0.29, 0.717) is 12.5 Å². The van der Waals surface area contributed by atoms with Crippen molar-refractivity contribution in [1.29, 1.82) is 0 Å². The fourth-order valence-corrected chi connectivity index (χ4v) is 2.50. The molecule has 18 heavy (non-hydrogen) atoms. The van der Waals surface area contributed by atoms with Gasteiger partial charge in [-0.25, -0.2) is 0 Å². The topological polar surface area (TPSA) is 18.5 Å². The third-order valence-electron chi connectivity index (χ3n) is 2.61. The number of methoxy groups -OCH3 is 1. The average molecular weight is 283 g/mol. The summed E-state index contributed by atoms with van der Waals surface area (Å²) in [5.74, 6) is 1.98. The summed E-state index contributed by atoms with van der Waals surface area (Å²) >= 11 is 7.52. The van der Waals surface area contributed by atoms with E-state index in [9.17, 15) is 0 Å². The van der Waals surface area contributed by atoms with E-state index in [-0.39, 0.29) is 0 Å². The van der Waals surface area contributed by atoms with Crippen molar-refractivity contribution in [2.24, 2.45) is 0 Å². The molecule has 2 nitrogen and oxygen atoms in total. The van der Waals surface area contributed by atoms with Crippen molar-refractivity contribution < 1.29 is 9.47 Å². The van der Waals surface area contributed by atoms with Crippen molar-refractivity contribution in [2.75, 3.05) is 13.7 Å². The maximum Gasteiger partial charge on any atom is 0.161 e. The van der Waals surface area contributed by atoms with E-state index in [2.05, 4.69) is 16.8 Å². The zero-order chi connectivity index (χ0) is 12.8. The summed E-state index contributed by atoms with van der Waals surface area (Å²) < 4.78 is 11.0. The van der Waals surface area contributed by atoms with Gasteiger partial charge in [-0.3, -0.25) is 0 Å². The molecule has 0 bridgehead atoms. The molecule has 0 amide bonds. The Kier molecular flexibility index (Phi) is 4.90. The molecule has 0 aliphatic carbocycles. The van der Waals surface area contributed by atoms with Crippen molar-refractivity contribution in [3.63, 3.8) is 0 Å². The van der Waals surface area contributed by atoms with Crippen LogP contribution in [0.5, 0.6) is 11.5 Å². The van der Waals surface area contributed by atoms with Gasteiger partial charge in [-0.2, -0.15) is 11.3 Å². The molecule has 0 N–H and O–H groups in total. The van der Waals surface area contributed by atoms with E-state index in [1.807, 2.05) is 18.2 Å². The van der Waals surface area contributed by atoms with Gasteiger partial charge in [0.05, 0.1) is 13.7 Å². The van der Waals surface area contributed by atoms with E-state index in [0.717, 1.165) is 23.5 Å². The Morgan fingerprint density at radius 2 is 2.06 bits per heavy atom. The van der Waals surface area contributed by atoms with Crippen molar-refractivity contribution in [3.05, 3.63) is 46.2 Å². The van der Waals surface area contributed by atoms with Gasteiger partial charge in [0.15, 0.2) is 11.5 Å². The normalized spacial score (nSPS) is 10.3. The van der Waals surface area contributed by atoms with E-state index < -0.39 is 0 Å². The zero-order valence-corrected chi connectivity index (χ0v) is 11.8. The quantitative estimate of drug-likeness (QED) is 0.742. The summed E-state index contributed by atoms with van der Waals surface area (Å²) in [5, 5.41) is 4.21. The maximum atomic E-state index is 5.81. The predicted molar refractivity (Wildman–Crippen MR) is 76.1 cm³/mol. The van der Waals surface area contributed by atoms with Crippen LogP contribution in [0.25, 0.3) is 0 Å². The first-order valence-corrected chi connectivity index (χ1v) is 7.18. The second-order valence-corrected chi connectivity index (χ2v) is 4.90. The molecule has 1 aromatic heterocycles. The zero-order valence-electron chi connectivity index (χ0n) is 10.2. The summed E-state index contributed by atoms with van der Waals surface area (Å²) in [7, 11) is 1.64. The molecular weight excluding hydrogens is 268 g/mol. The number of thiophene rings is 1. The molecule has 1 aromatic carbocycles. The van der Waals surface area contributed by atoms with E-state index in [4.69, 9.17) is 21.1 Å². The molecule has 0 fully saturated rings. The van der Waals surface area contributed by atoms with Crippen molar-refractivity contribution >= 4 is 22.9 Å². The van der Waals surface area contributed by atoms with Crippen LogP contribution in [0.2, 0.25) is 0 Å². The molecule has 0 atom stereocenters. The van der Waals surface area contributed by atoms with Crippen molar-refractivity contribution in [2.45, 2.75) is 12.3 Å². The number of rotatable bonds is 6. The minimum Gasteiger partial charge on any atom is -0.493 e. The molecule has 0 radical (unpaired) electrons. The van der Waals surface area contributed by atoms with Crippen LogP contribution in [0.3, 0.4) is 0 Å². The Labute approximate surface area is 116 Å². The van der Waals surface area contributed by atoms with E-state index in [1.54, 1.807) is 18.4 Å². The fourth-order valence-electron chi connectivity index (χ4n) is 1.63. The number of benzene rings is 1. The highest BCUT2D eigenvalue weighted by atomic mass is 35.5. The molecule has 4 heteroatoms. The molecule has 1 heterocycles. The smallest absolute Gasteiger partial charge is 0.161 e. The molecule has 0 saturated heterocycles. The Hall–Kier alpha value is -1.19. The summed E-state index contributed by atoms with van der Waals surface area (Å²) in [6.45, 7) is 0.638. The highest BCUT2D eigenvalue weighted by Crippen LogP contribution is 2.28. The summed E-state index contributed by atoms with van der Waals surface area (Å²) in [6.07, 6.45) is 0.901. The van der Waals surface area contributed by atoms with Crippen LogP contribution in [0.15, 0.2) is 35.0 Å². The maximum absolute atomic E-state index is 5.81. The second kappa shape index (κ2) is 6.66. The number of alkyl halides is 1. The Balaban J connectivity index is 1.98. The molecule has 0 spiro atoms. The Bertz CT molecular complexity index is 483. The first-order chi connectivity index (χ1) is 8.83. The Morgan fingerprint density at radius 1 is 1.17 bits per heavy atom. The second-order valence-electron chi connectivity index (χ2n) is 3.85. The van der Waals surface area contributed by atoms with Crippen LogP contribution < -0.4 is 9.47 Å². The lowest BCUT2D eigenvalue weighted by Crippen LogP contribution is -2.02. The molecule has 0 aliphatic rings. The monoisotopic (exact) mass is 282 g/mol. The van der Waals surface area contributed by atoms with Crippen LogP contribution in [-0.2, 0) is 12.3 Å². The number of hydrogen-bond donors (Lipinski definition) is 0. The minimum absolute atomic E-state index is 0.477. The predicted octanol–water partition coefficient (Wildman–Crippen LogP) is 4.12. The summed E-state index contributed by atoms with van der Waals surface area (Å²) in [5.41, 5.74) is 2.33. The van der Waals surface area contributed by atoms with Crippen LogP contribution in [0, 0.1) is 0 Å². The summed E-state index contributed by atoms with van der Waals surface area (Å²) in [4.78, 5) is 0. The minimum atomic E-state index is 0.477. The van der Waals surface area contributed by atoms with Crippen LogP contribution in [0.1, 0.15) is 11.1 Å². The van der Waals surface area contributed by atoms with Crippen LogP contribution in [-0.4, -0.2) is 13.7 Å². The van der Waals surface area contributed by atoms with E-state index in [1.165, 1.54) is 5.56 Å². The lowest BCUT2D eigenvalue weighted by Gasteiger charge is -2.11. The molecule has 2 rings (SSSR count). The van der Waals surface area contributed by atoms with Crippen molar-refractivity contribution in [3.8, 4) is 11.5 Å². The van der Waals surface area contributed by atoms with Gasteiger partial charge in [-0.1, -0.05) is 6.07 Å². The molecule has 2 aromatic rings. The molecule has 0 unspecified atom stereocenters. The van der Waals surface area contributed by atoms with E-state index >= 15 is 0 Å². The van der Waals surface area contributed by atoms with Crippen molar-refractivity contribution in [1.82, 2.24) is 0 Å². The highest BCUT2D eigenvalue weighted by Gasteiger charge is 2.05. The number of ether oxygens (including phenoxy) is 2.